The van der Waals surface area contributed by atoms with Crippen molar-refractivity contribution in [2.75, 3.05) is 5.32 Å². The molecule has 1 saturated carbocycles. The maximum atomic E-state index is 9.44. The molecule has 0 aliphatic heterocycles. The number of pyridine rings is 1. The summed E-state index contributed by atoms with van der Waals surface area (Å²) in [6.45, 7) is 0. The topological polar surface area (TPSA) is 66.3 Å². The van der Waals surface area contributed by atoms with Gasteiger partial charge in [-0.2, -0.15) is 0 Å². The molecule has 0 amide bonds. The molecule has 1 aliphatic carbocycles. The first-order valence-electron chi connectivity index (χ1n) is 8.11. The molecule has 6 nitrogen and oxygen atoms in total. The summed E-state index contributed by atoms with van der Waals surface area (Å²) in [6.07, 6.45) is 15.0. The quantitative estimate of drug-likeness (QED) is 0.576. The Bertz CT molecular complexity index is 805. The molecule has 2 N–H and O–H groups in total. The summed E-state index contributed by atoms with van der Waals surface area (Å²) < 4.78 is 3.09. The second kappa shape index (κ2) is 5.87. The third-order valence-corrected chi connectivity index (χ3v) is 4.46. The van der Waals surface area contributed by atoms with E-state index in [4.69, 9.17) is 4.98 Å². The van der Waals surface area contributed by atoms with E-state index in [9.17, 15) is 5.21 Å². The van der Waals surface area contributed by atoms with Gasteiger partial charge >= 0.3 is 0 Å². The highest BCUT2D eigenvalue weighted by atomic mass is 16.5. The number of hydrogen-bond donors (Lipinski definition) is 2. The summed E-state index contributed by atoms with van der Waals surface area (Å²) >= 11 is 0. The number of nitrogens with zero attached hydrogens (tertiary/aromatic N) is 4. The van der Waals surface area contributed by atoms with Gasteiger partial charge < -0.3 is 5.32 Å². The van der Waals surface area contributed by atoms with E-state index in [-0.39, 0.29) is 0 Å². The second-order valence-electron chi connectivity index (χ2n) is 6.06. The van der Waals surface area contributed by atoms with Crippen molar-refractivity contribution in [3.05, 3.63) is 43.1 Å². The molecule has 118 valence electrons. The summed E-state index contributed by atoms with van der Waals surface area (Å²) in [5, 5.41) is 13.1. The molecule has 23 heavy (non-hydrogen) atoms. The molecular weight excluding hydrogens is 290 g/mol. The Hall–Kier alpha value is -2.63. The van der Waals surface area contributed by atoms with E-state index in [1.165, 1.54) is 32.1 Å². The van der Waals surface area contributed by atoms with Gasteiger partial charge in [0.25, 0.3) is 0 Å². The van der Waals surface area contributed by atoms with Crippen molar-refractivity contribution in [2.45, 2.75) is 38.1 Å². The molecule has 0 bridgehead atoms. The van der Waals surface area contributed by atoms with Gasteiger partial charge in [0.1, 0.15) is 11.5 Å². The number of aromatic nitrogens is 4. The van der Waals surface area contributed by atoms with E-state index in [1.54, 1.807) is 24.8 Å². The van der Waals surface area contributed by atoms with Gasteiger partial charge in [0.05, 0.1) is 6.20 Å². The molecular formula is C17H20N5O+. The molecule has 1 aliphatic rings. The largest absolute Gasteiger partial charge is 0.367 e. The molecule has 0 radical (unpaired) electrons. The number of hydrogen-bond acceptors (Lipinski definition) is 4. The van der Waals surface area contributed by atoms with Gasteiger partial charge in [0, 0.05) is 40.9 Å². The lowest BCUT2D eigenvalue weighted by Gasteiger charge is -2.24. The van der Waals surface area contributed by atoms with Crippen LogP contribution in [0.5, 0.6) is 0 Å². The number of fused-ring (bicyclic) bond motifs is 1. The van der Waals surface area contributed by atoms with Crippen molar-refractivity contribution < 1.29 is 9.94 Å². The molecule has 0 spiro atoms. The smallest absolute Gasteiger partial charge is 0.222 e. The van der Waals surface area contributed by atoms with E-state index < -0.39 is 0 Å². The summed E-state index contributed by atoms with van der Waals surface area (Å²) in [7, 11) is 0. The SMILES string of the molecule is O[n+]1ccc(-c2nc3cnccn3c2NC2CCCCC2)cc1. The average molecular weight is 310 g/mol. The van der Waals surface area contributed by atoms with Crippen LogP contribution in [-0.4, -0.2) is 25.6 Å². The van der Waals surface area contributed by atoms with Crippen molar-refractivity contribution in [1.82, 2.24) is 14.4 Å². The van der Waals surface area contributed by atoms with E-state index in [0.29, 0.717) is 6.04 Å². The Labute approximate surface area is 134 Å². The van der Waals surface area contributed by atoms with E-state index in [0.717, 1.165) is 27.5 Å². The van der Waals surface area contributed by atoms with Crippen LogP contribution in [0.15, 0.2) is 43.1 Å². The van der Waals surface area contributed by atoms with Gasteiger partial charge in [-0.1, -0.05) is 19.3 Å². The van der Waals surface area contributed by atoms with Crippen molar-refractivity contribution in [2.24, 2.45) is 0 Å². The first-order chi connectivity index (χ1) is 11.3. The Kier molecular flexibility index (Phi) is 3.57. The van der Waals surface area contributed by atoms with Crippen LogP contribution in [0.1, 0.15) is 32.1 Å². The third-order valence-electron chi connectivity index (χ3n) is 4.46. The normalized spacial score (nSPS) is 15.8. The zero-order valence-corrected chi connectivity index (χ0v) is 12.9. The zero-order chi connectivity index (χ0) is 15.6. The van der Waals surface area contributed by atoms with Gasteiger partial charge in [0.15, 0.2) is 5.65 Å². The number of imidazole rings is 1. The maximum Gasteiger partial charge on any atom is 0.222 e. The minimum absolute atomic E-state index is 0.488. The highest BCUT2D eigenvalue weighted by Crippen LogP contribution is 2.30. The lowest BCUT2D eigenvalue weighted by molar-refractivity contribution is -0.904. The molecule has 6 heteroatoms. The van der Waals surface area contributed by atoms with Gasteiger partial charge in [-0.25, -0.2) is 4.98 Å². The summed E-state index contributed by atoms with van der Waals surface area (Å²) in [4.78, 5) is 8.89. The molecule has 3 aromatic heterocycles. The minimum atomic E-state index is 0.488. The first kappa shape index (κ1) is 14.0. The maximum absolute atomic E-state index is 9.44. The Morgan fingerprint density at radius 2 is 1.96 bits per heavy atom. The monoisotopic (exact) mass is 310 g/mol. The van der Waals surface area contributed by atoms with Crippen molar-refractivity contribution >= 4 is 11.5 Å². The van der Waals surface area contributed by atoms with Crippen molar-refractivity contribution in [1.29, 1.82) is 0 Å². The van der Waals surface area contributed by atoms with Crippen molar-refractivity contribution in [3.63, 3.8) is 0 Å². The van der Waals surface area contributed by atoms with Crippen LogP contribution in [0, 0.1) is 0 Å². The minimum Gasteiger partial charge on any atom is -0.367 e. The molecule has 3 heterocycles. The van der Waals surface area contributed by atoms with Gasteiger partial charge in [-0.15, -0.1) is 0 Å². The second-order valence-corrected chi connectivity index (χ2v) is 6.06. The van der Waals surface area contributed by atoms with Crippen LogP contribution < -0.4 is 10.0 Å². The van der Waals surface area contributed by atoms with E-state index in [2.05, 4.69) is 14.7 Å². The van der Waals surface area contributed by atoms with Crippen LogP contribution in [-0.2, 0) is 0 Å². The average Bonchev–Trinajstić information content (AvgIpc) is 2.95. The van der Waals surface area contributed by atoms with Gasteiger partial charge in [0.2, 0.25) is 12.4 Å². The van der Waals surface area contributed by atoms with Crippen LogP contribution in [0.2, 0.25) is 0 Å². The molecule has 0 unspecified atom stereocenters. The lowest BCUT2D eigenvalue weighted by Crippen LogP contribution is -2.27. The molecule has 0 saturated heterocycles. The predicted octanol–water partition coefficient (Wildman–Crippen LogP) is 2.67. The van der Waals surface area contributed by atoms with Crippen LogP contribution in [0.3, 0.4) is 0 Å². The van der Waals surface area contributed by atoms with Crippen LogP contribution in [0.25, 0.3) is 16.9 Å². The molecule has 1 fully saturated rings. The molecule has 3 aromatic rings. The summed E-state index contributed by atoms with van der Waals surface area (Å²) in [6, 6.07) is 4.21. The third kappa shape index (κ3) is 2.72. The first-order valence-corrected chi connectivity index (χ1v) is 8.11. The van der Waals surface area contributed by atoms with Gasteiger partial charge in [-0.3, -0.25) is 14.6 Å². The summed E-state index contributed by atoms with van der Waals surface area (Å²) in [5.41, 5.74) is 2.68. The lowest BCUT2D eigenvalue weighted by atomic mass is 9.95. The number of rotatable bonds is 3. The number of nitrogens with one attached hydrogen (secondary N) is 1. The Morgan fingerprint density at radius 1 is 1.17 bits per heavy atom. The highest BCUT2D eigenvalue weighted by Gasteiger charge is 2.20. The zero-order valence-electron chi connectivity index (χ0n) is 12.9. The molecule has 0 aromatic carbocycles. The van der Waals surface area contributed by atoms with Crippen molar-refractivity contribution in [3.8, 4) is 11.3 Å². The summed E-state index contributed by atoms with van der Waals surface area (Å²) in [5.74, 6) is 1.00. The molecule has 4 rings (SSSR count). The van der Waals surface area contributed by atoms with E-state index in [1.807, 2.05) is 18.3 Å². The highest BCUT2D eigenvalue weighted by molar-refractivity contribution is 5.76. The van der Waals surface area contributed by atoms with Crippen LogP contribution >= 0.6 is 0 Å². The number of anilines is 1. The fourth-order valence-corrected chi connectivity index (χ4v) is 3.26. The fourth-order valence-electron chi connectivity index (χ4n) is 3.26. The molecule has 0 atom stereocenters. The van der Waals surface area contributed by atoms with Crippen LogP contribution in [0.4, 0.5) is 5.82 Å². The predicted molar refractivity (Wildman–Crippen MR) is 86.3 cm³/mol. The Morgan fingerprint density at radius 3 is 2.74 bits per heavy atom. The van der Waals surface area contributed by atoms with Gasteiger partial charge in [-0.05, 0) is 12.8 Å². The fraction of sp³-hybridized carbons (Fsp3) is 0.353. The Balaban J connectivity index is 1.79. The van der Waals surface area contributed by atoms with E-state index >= 15 is 0 Å². The standard InChI is InChI=1S/C17H19N5O/c23-21-9-6-13(7-10-21)16-17(19-14-4-2-1-3-5-14)22-11-8-18-12-15(22)20-16/h6-12,14,23H,1-5H2/p+1.